The van der Waals surface area contributed by atoms with Gasteiger partial charge in [-0.15, -0.1) is 0 Å². The molecule has 0 heterocycles. The zero-order valence-corrected chi connectivity index (χ0v) is 8.60. The Kier molecular flexibility index (Phi) is 14.1. The number of carboxylic acid groups (broad SMARTS) is 4. The normalized spacial score (nSPS) is 9.59. The Morgan fingerprint density at radius 1 is 0.941 bits per heavy atom. The van der Waals surface area contributed by atoms with E-state index in [9.17, 15) is 4.79 Å². The Labute approximate surface area is 94.4 Å². The Balaban J connectivity index is -0.000000174. The first-order valence-electron chi connectivity index (χ1n) is 3.75. The molecule has 1 atom stereocenters. The standard InChI is InChI=1S/C3H6O3.C2H2O4.C2H4O3/c1-2(4)3(5)6;3-1(4)2(5)6;3-1-2(4)5/h2,4H,1H3,(H,5,6);(H,3,4)(H,5,6);3H,1H2,(H,4,5). The topological polar surface area (TPSA) is 190 Å². The molecule has 0 saturated heterocycles. The van der Waals surface area contributed by atoms with Gasteiger partial charge < -0.3 is 30.6 Å². The minimum Gasteiger partial charge on any atom is -0.480 e. The molecular weight excluding hydrogens is 244 g/mol. The molecule has 17 heavy (non-hydrogen) atoms. The van der Waals surface area contributed by atoms with Crippen molar-refractivity contribution in [3.8, 4) is 0 Å². The summed E-state index contributed by atoms with van der Waals surface area (Å²) in [6.45, 7) is 0.419. The highest BCUT2D eigenvalue weighted by atomic mass is 16.4. The lowest BCUT2D eigenvalue weighted by molar-refractivity contribution is -0.159. The van der Waals surface area contributed by atoms with E-state index in [1.54, 1.807) is 0 Å². The molecule has 0 aromatic carbocycles. The number of aliphatic hydroxyl groups is 2. The van der Waals surface area contributed by atoms with Gasteiger partial charge in [-0.1, -0.05) is 0 Å². The van der Waals surface area contributed by atoms with Crippen LogP contribution in [0.2, 0.25) is 0 Å². The SMILES string of the molecule is CC(O)C(=O)O.O=C(O)C(=O)O.O=C(O)CO. The molecular formula is C7H12O10. The summed E-state index contributed by atoms with van der Waals surface area (Å²) >= 11 is 0. The highest BCUT2D eigenvalue weighted by Gasteiger charge is 2.04. The van der Waals surface area contributed by atoms with Gasteiger partial charge in [0, 0.05) is 0 Å². The summed E-state index contributed by atoms with van der Waals surface area (Å²) in [4.78, 5) is 36.8. The molecule has 1 unspecified atom stereocenters. The third-order valence-electron chi connectivity index (χ3n) is 0.676. The first kappa shape index (κ1) is 20.2. The van der Waals surface area contributed by atoms with E-state index in [2.05, 4.69) is 0 Å². The third-order valence-corrected chi connectivity index (χ3v) is 0.676. The number of aliphatic hydroxyl groups excluding tert-OH is 2. The van der Waals surface area contributed by atoms with Crippen molar-refractivity contribution >= 4 is 23.9 Å². The molecule has 0 bridgehead atoms. The van der Waals surface area contributed by atoms with Crippen LogP contribution in [0.25, 0.3) is 0 Å². The van der Waals surface area contributed by atoms with Gasteiger partial charge >= 0.3 is 23.9 Å². The largest absolute Gasteiger partial charge is 0.480 e. The van der Waals surface area contributed by atoms with Crippen LogP contribution in [0.4, 0.5) is 0 Å². The molecule has 0 aliphatic heterocycles. The van der Waals surface area contributed by atoms with Crippen molar-refractivity contribution in [1.82, 2.24) is 0 Å². The van der Waals surface area contributed by atoms with Crippen molar-refractivity contribution in [1.29, 1.82) is 0 Å². The average Bonchev–Trinajstić information content (AvgIpc) is 2.19. The van der Waals surface area contributed by atoms with E-state index in [1.165, 1.54) is 6.92 Å². The summed E-state index contributed by atoms with van der Waals surface area (Å²) in [5.74, 6) is -6.02. The lowest BCUT2D eigenvalue weighted by Gasteiger charge is -1.89. The van der Waals surface area contributed by atoms with Gasteiger partial charge in [0.15, 0.2) is 0 Å². The molecule has 0 aliphatic rings. The average molecular weight is 256 g/mol. The fourth-order valence-electron chi connectivity index (χ4n) is 0. The molecule has 0 aliphatic carbocycles. The van der Waals surface area contributed by atoms with Crippen LogP contribution < -0.4 is 0 Å². The molecule has 10 nitrogen and oxygen atoms in total. The van der Waals surface area contributed by atoms with Gasteiger partial charge in [-0.2, -0.15) is 0 Å². The van der Waals surface area contributed by atoms with E-state index in [0.29, 0.717) is 0 Å². The number of aliphatic carboxylic acids is 4. The molecule has 0 spiro atoms. The fourth-order valence-corrected chi connectivity index (χ4v) is 0. The van der Waals surface area contributed by atoms with Gasteiger partial charge in [-0.05, 0) is 6.92 Å². The Morgan fingerprint density at radius 2 is 1.12 bits per heavy atom. The molecule has 0 radical (unpaired) electrons. The van der Waals surface area contributed by atoms with E-state index in [1.807, 2.05) is 0 Å². The minimum atomic E-state index is -1.82. The van der Waals surface area contributed by atoms with Crippen LogP contribution in [0.1, 0.15) is 6.92 Å². The second-order valence-electron chi connectivity index (χ2n) is 2.18. The number of carbonyl (C=O) groups is 4. The maximum atomic E-state index is 9.45. The summed E-state index contributed by atoms with van der Waals surface area (Å²) < 4.78 is 0. The van der Waals surface area contributed by atoms with Gasteiger partial charge in [0.05, 0.1) is 0 Å². The molecule has 6 N–H and O–H groups in total. The molecule has 0 rings (SSSR count). The summed E-state index contributed by atoms with van der Waals surface area (Å²) in [6.07, 6.45) is -1.23. The molecule has 10 heteroatoms. The van der Waals surface area contributed by atoms with E-state index in [4.69, 9.17) is 45.0 Å². The van der Waals surface area contributed by atoms with Crippen LogP contribution in [-0.4, -0.2) is 67.2 Å². The number of carboxylic acids is 4. The minimum absolute atomic E-state index is 0.778. The third kappa shape index (κ3) is 31.6. The summed E-state index contributed by atoms with van der Waals surface area (Å²) in [7, 11) is 0. The van der Waals surface area contributed by atoms with Crippen molar-refractivity contribution in [3.05, 3.63) is 0 Å². The molecule has 0 amide bonds. The predicted octanol–water partition coefficient (Wildman–Crippen LogP) is -2.33. The monoisotopic (exact) mass is 256 g/mol. The predicted molar refractivity (Wildman–Crippen MR) is 49.3 cm³/mol. The lowest BCUT2D eigenvalue weighted by Crippen LogP contribution is -2.13. The van der Waals surface area contributed by atoms with Gasteiger partial charge in [0.2, 0.25) is 0 Å². The summed E-state index contributed by atoms with van der Waals surface area (Å²) in [6, 6.07) is 0. The van der Waals surface area contributed by atoms with Crippen LogP contribution in [0.5, 0.6) is 0 Å². The first-order chi connectivity index (χ1) is 7.56. The van der Waals surface area contributed by atoms with Gasteiger partial charge in [0.1, 0.15) is 12.7 Å². The van der Waals surface area contributed by atoms with E-state index < -0.39 is 36.6 Å². The van der Waals surface area contributed by atoms with E-state index in [0.717, 1.165) is 0 Å². The van der Waals surface area contributed by atoms with Crippen LogP contribution in [0, 0.1) is 0 Å². The summed E-state index contributed by atoms with van der Waals surface area (Å²) in [5.41, 5.74) is 0. The highest BCUT2D eigenvalue weighted by molar-refractivity contribution is 6.27. The maximum Gasteiger partial charge on any atom is 0.414 e. The number of rotatable bonds is 2. The van der Waals surface area contributed by atoms with Crippen molar-refractivity contribution in [2.75, 3.05) is 6.61 Å². The van der Waals surface area contributed by atoms with Crippen molar-refractivity contribution in [2.24, 2.45) is 0 Å². The molecule has 0 saturated carbocycles. The molecule has 0 fully saturated rings. The second kappa shape index (κ2) is 11.9. The smallest absolute Gasteiger partial charge is 0.414 e. The van der Waals surface area contributed by atoms with E-state index in [-0.39, 0.29) is 0 Å². The molecule has 0 aromatic rings. The van der Waals surface area contributed by atoms with Gasteiger partial charge in [-0.3, -0.25) is 0 Å². The number of hydrogen-bond donors (Lipinski definition) is 6. The molecule has 100 valence electrons. The Morgan fingerprint density at radius 3 is 1.12 bits per heavy atom. The van der Waals surface area contributed by atoms with E-state index >= 15 is 0 Å². The van der Waals surface area contributed by atoms with Crippen molar-refractivity contribution in [2.45, 2.75) is 13.0 Å². The van der Waals surface area contributed by atoms with Crippen LogP contribution in [0.15, 0.2) is 0 Å². The second-order valence-corrected chi connectivity index (χ2v) is 2.18. The zero-order chi connectivity index (χ0) is 14.6. The van der Waals surface area contributed by atoms with Crippen LogP contribution in [-0.2, 0) is 19.2 Å². The first-order valence-corrected chi connectivity index (χ1v) is 3.75. The van der Waals surface area contributed by atoms with Crippen molar-refractivity contribution < 1.29 is 49.8 Å². The maximum absolute atomic E-state index is 9.45. The quantitative estimate of drug-likeness (QED) is 0.292. The van der Waals surface area contributed by atoms with Gasteiger partial charge in [-0.25, -0.2) is 19.2 Å². The number of hydrogen-bond acceptors (Lipinski definition) is 6. The zero-order valence-electron chi connectivity index (χ0n) is 8.60. The highest BCUT2D eigenvalue weighted by Crippen LogP contribution is 1.73. The lowest BCUT2D eigenvalue weighted by atomic mass is 10.4. The Hall–Kier alpha value is -2.20. The van der Waals surface area contributed by atoms with Crippen LogP contribution >= 0.6 is 0 Å². The molecule has 0 aromatic heterocycles. The summed E-state index contributed by atoms with van der Waals surface area (Å²) in [5, 5.41) is 45.6. The van der Waals surface area contributed by atoms with Gasteiger partial charge in [0.25, 0.3) is 0 Å². The van der Waals surface area contributed by atoms with Crippen LogP contribution in [0.3, 0.4) is 0 Å². The Bertz CT molecular complexity index is 256. The van der Waals surface area contributed by atoms with Crippen molar-refractivity contribution in [3.63, 3.8) is 0 Å². The fraction of sp³-hybridized carbons (Fsp3) is 0.429.